The van der Waals surface area contributed by atoms with Crippen LogP contribution in [0.5, 0.6) is 5.75 Å². The van der Waals surface area contributed by atoms with Gasteiger partial charge in [0.2, 0.25) is 0 Å². The number of benzene rings is 2. The molecule has 0 bridgehead atoms. The van der Waals surface area contributed by atoms with Gasteiger partial charge in [-0.1, -0.05) is 33.6 Å². The number of ether oxygens (including phenoxy) is 1. The predicted octanol–water partition coefficient (Wildman–Crippen LogP) is 6.48. The number of carbonyl (C=O) groups is 1. The highest BCUT2D eigenvalue weighted by Crippen LogP contribution is 2.30. The van der Waals surface area contributed by atoms with Gasteiger partial charge in [0, 0.05) is 29.6 Å². The number of furan rings is 1. The Labute approximate surface area is 197 Å². The molecule has 178 valence electrons. The number of hydrogen-bond donors (Lipinski definition) is 1. The van der Waals surface area contributed by atoms with Gasteiger partial charge in [-0.3, -0.25) is 4.79 Å². The van der Waals surface area contributed by atoms with Crippen molar-refractivity contribution in [3.8, 4) is 5.75 Å². The number of hydrogen-bond acceptors (Lipinski definition) is 5. The Hall–Kier alpha value is -2.79. The summed E-state index contributed by atoms with van der Waals surface area (Å²) in [4.78, 5) is 15.8. The smallest absolute Gasteiger partial charge is 0.197 e. The van der Waals surface area contributed by atoms with Crippen molar-refractivity contribution in [1.82, 2.24) is 4.90 Å². The summed E-state index contributed by atoms with van der Waals surface area (Å²) in [7, 11) is 0. The standard InChI is InChI=1S/C28H38N2O3/c1-4-7-16-30(17-8-5-2)18-9-19-32-23-13-10-21(11-14-23)28(31)27-24-20-22(29)12-15-26(24)33-25(27)6-3/h10-15,20H,4-9,16-19,29H2,1-3H3. The van der Waals surface area contributed by atoms with Gasteiger partial charge in [0.15, 0.2) is 5.78 Å². The molecule has 0 unspecified atom stereocenters. The summed E-state index contributed by atoms with van der Waals surface area (Å²) >= 11 is 0. The van der Waals surface area contributed by atoms with Gasteiger partial charge in [-0.25, -0.2) is 0 Å². The molecular weight excluding hydrogens is 412 g/mol. The van der Waals surface area contributed by atoms with Crippen molar-refractivity contribution < 1.29 is 13.9 Å². The van der Waals surface area contributed by atoms with Crippen LogP contribution in [0.1, 0.15) is 74.6 Å². The molecule has 0 aliphatic carbocycles. The lowest BCUT2D eigenvalue weighted by Gasteiger charge is -2.21. The molecule has 0 amide bonds. The summed E-state index contributed by atoms with van der Waals surface area (Å²) in [6, 6.07) is 12.8. The quantitative estimate of drug-likeness (QED) is 0.173. The fourth-order valence-corrected chi connectivity index (χ4v) is 4.09. The number of anilines is 1. The summed E-state index contributed by atoms with van der Waals surface area (Å²) in [6.07, 6.45) is 6.59. The largest absolute Gasteiger partial charge is 0.494 e. The first-order chi connectivity index (χ1) is 16.1. The second-order valence-corrected chi connectivity index (χ2v) is 8.61. The zero-order valence-corrected chi connectivity index (χ0v) is 20.4. The zero-order valence-electron chi connectivity index (χ0n) is 20.4. The first-order valence-corrected chi connectivity index (χ1v) is 12.4. The number of nitrogens with two attached hydrogens (primary N) is 1. The molecule has 1 aromatic heterocycles. The monoisotopic (exact) mass is 450 g/mol. The van der Waals surface area contributed by atoms with Crippen LogP contribution in [0.15, 0.2) is 46.9 Å². The number of fused-ring (bicyclic) bond motifs is 1. The normalized spacial score (nSPS) is 11.4. The fourth-order valence-electron chi connectivity index (χ4n) is 4.09. The van der Waals surface area contributed by atoms with E-state index in [9.17, 15) is 4.79 Å². The van der Waals surface area contributed by atoms with Crippen molar-refractivity contribution in [3.05, 3.63) is 59.4 Å². The SMILES string of the molecule is CCCCN(CCCC)CCCOc1ccc(C(=O)c2c(CC)oc3ccc(N)cc23)cc1. The number of nitrogens with zero attached hydrogens (tertiary/aromatic N) is 1. The maximum atomic E-state index is 13.3. The molecule has 5 heteroatoms. The number of rotatable bonds is 14. The van der Waals surface area contributed by atoms with Gasteiger partial charge in [-0.2, -0.15) is 0 Å². The van der Waals surface area contributed by atoms with Crippen LogP contribution in [0.25, 0.3) is 11.0 Å². The second kappa shape index (κ2) is 12.4. The fraction of sp³-hybridized carbons (Fsp3) is 0.464. The van der Waals surface area contributed by atoms with Crippen molar-refractivity contribution in [1.29, 1.82) is 0 Å². The second-order valence-electron chi connectivity index (χ2n) is 8.61. The number of carbonyl (C=O) groups excluding carboxylic acids is 1. The molecule has 0 radical (unpaired) electrons. The average Bonchev–Trinajstić information content (AvgIpc) is 3.20. The minimum absolute atomic E-state index is 0.0507. The number of ketones is 1. The molecule has 0 aliphatic heterocycles. The van der Waals surface area contributed by atoms with Gasteiger partial charge in [-0.05, 0) is 74.8 Å². The molecule has 3 aromatic rings. The lowest BCUT2D eigenvalue weighted by Crippen LogP contribution is -2.28. The first kappa shape index (κ1) is 24.8. The molecule has 2 aromatic carbocycles. The Bertz CT molecular complexity index is 1020. The summed E-state index contributed by atoms with van der Waals surface area (Å²) in [5.74, 6) is 1.43. The molecule has 0 saturated carbocycles. The minimum atomic E-state index is -0.0507. The van der Waals surface area contributed by atoms with Crippen LogP contribution in [0.4, 0.5) is 5.69 Å². The van der Waals surface area contributed by atoms with Crippen LogP contribution in [-0.4, -0.2) is 36.9 Å². The summed E-state index contributed by atoms with van der Waals surface area (Å²) in [5, 5.41) is 0.771. The van der Waals surface area contributed by atoms with Crippen molar-refractivity contribution >= 4 is 22.4 Å². The van der Waals surface area contributed by atoms with E-state index < -0.39 is 0 Å². The number of nitrogen functional groups attached to an aromatic ring is 1. The molecular formula is C28H38N2O3. The zero-order chi connectivity index (χ0) is 23.6. The Morgan fingerprint density at radius 2 is 1.61 bits per heavy atom. The molecule has 0 saturated heterocycles. The van der Waals surface area contributed by atoms with E-state index in [1.54, 1.807) is 6.07 Å². The maximum absolute atomic E-state index is 13.3. The van der Waals surface area contributed by atoms with Crippen molar-refractivity contribution in [2.45, 2.75) is 59.3 Å². The third-order valence-corrected chi connectivity index (χ3v) is 5.99. The number of aryl methyl sites for hydroxylation is 1. The molecule has 0 aliphatic rings. The Morgan fingerprint density at radius 3 is 2.24 bits per heavy atom. The van der Waals surface area contributed by atoms with Crippen molar-refractivity contribution in [2.75, 3.05) is 32.0 Å². The van der Waals surface area contributed by atoms with Gasteiger partial charge in [0.05, 0.1) is 12.2 Å². The van der Waals surface area contributed by atoms with Crippen molar-refractivity contribution in [2.24, 2.45) is 0 Å². The van der Waals surface area contributed by atoms with E-state index in [-0.39, 0.29) is 5.78 Å². The maximum Gasteiger partial charge on any atom is 0.197 e. The lowest BCUT2D eigenvalue weighted by atomic mass is 9.99. The van der Waals surface area contributed by atoms with Crippen LogP contribution in [0.3, 0.4) is 0 Å². The van der Waals surface area contributed by atoms with Gasteiger partial charge in [-0.15, -0.1) is 0 Å². The molecule has 3 rings (SSSR count). The summed E-state index contributed by atoms with van der Waals surface area (Å²) in [5.41, 5.74) is 8.48. The Balaban J connectivity index is 1.60. The van der Waals surface area contributed by atoms with Gasteiger partial charge in [0.25, 0.3) is 0 Å². The highest BCUT2D eigenvalue weighted by atomic mass is 16.5. The molecule has 0 atom stereocenters. The lowest BCUT2D eigenvalue weighted by molar-refractivity contribution is 0.103. The molecule has 0 fully saturated rings. The van der Waals surface area contributed by atoms with Crippen LogP contribution >= 0.6 is 0 Å². The number of unbranched alkanes of at least 4 members (excludes halogenated alkanes) is 2. The topological polar surface area (TPSA) is 68.7 Å². The van der Waals surface area contributed by atoms with Crippen LogP contribution < -0.4 is 10.5 Å². The highest BCUT2D eigenvalue weighted by Gasteiger charge is 2.21. The summed E-state index contributed by atoms with van der Waals surface area (Å²) < 4.78 is 11.8. The van der Waals surface area contributed by atoms with E-state index in [1.165, 1.54) is 38.8 Å². The third-order valence-electron chi connectivity index (χ3n) is 5.99. The van der Waals surface area contributed by atoms with Gasteiger partial charge < -0.3 is 19.8 Å². The summed E-state index contributed by atoms with van der Waals surface area (Å²) in [6.45, 7) is 10.5. The first-order valence-electron chi connectivity index (χ1n) is 12.4. The van der Waals surface area contributed by atoms with E-state index in [2.05, 4.69) is 18.7 Å². The minimum Gasteiger partial charge on any atom is -0.494 e. The molecule has 0 spiro atoms. The van der Waals surface area contributed by atoms with Crippen LogP contribution in [0.2, 0.25) is 0 Å². The van der Waals surface area contributed by atoms with Crippen LogP contribution in [-0.2, 0) is 6.42 Å². The Kier molecular flexibility index (Phi) is 9.37. The van der Waals surface area contributed by atoms with Gasteiger partial charge >= 0.3 is 0 Å². The molecule has 33 heavy (non-hydrogen) atoms. The molecule has 2 N–H and O–H groups in total. The van der Waals surface area contributed by atoms with Gasteiger partial charge in [0.1, 0.15) is 17.1 Å². The predicted molar refractivity (Wildman–Crippen MR) is 136 cm³/mol. The third kappa shape index (κ3) is 6.61. The van der Waals surface area contributed by atoms with E-state index in [1.807, 2.05) is 43.3 Å². The highest BCUT2D eigenvalue weighted by molar-refractivity contribution is 6.17. The van der Waals surface area contributed by atoms with Crippen molar-refractivity contribution in [3.63, 3.8) is 0 Å². The molecule has 1 heterocycles. The Morgan fingerprint density at radius 1 is 0.939 bits per heavy atom. The van der Waals surface area contributed by atoms with E-state index in [4.69, 9.17) is 14.9 Å². The van der Waals surface area contributed by atoms with E-state index in [0.29, 0.717) is 41.2 Å². The average molecular weight is 451 g/mol. The van der Waals surface area contributed by atoms with Crippen LogP contribution in [0, 0.1) is 0 Å². The van der Waals surface area contributed by atoms with E-state index in [0.717, 1.165) is 24.1 Å². The van der Waals surface area contributed by atoms with E-state index >= 15 is 0 Å². The molecule has 5 nitrogen and oxygen atoms in total.